The molecule has 0 aromatic rings. The van der Waals surface area contributed by atoms with Crippen LogP contribution in [0.3, 0.4) is 0 Å². The maximum absolute atomic E-state index is 12.8. The summed E-state index contributed by atoms with van der Waals surface area (Å²) < 4.78 is 5.92. The predicted molar refractivity (Wildman–Crippen MR) is 85.2 cm³/mol. The highest BCUT2D eigenvalue weighted by molar-refractivity contribution is 5.79. The van der Waals surface area contributed by atoms with Gasteiger partial charge in [0.15, 0.2) is 0 Å². The van der Waals surface area contributed by atoms with Gasteiger partial charge in [-0.15, -0.1) is 0 Å². The van der Waals surface area contributed by atoms with Gasteiger partial charge in [0, 0.05) is 25.2 Å². The lowest BCUT2D eigenvalue weighted by Gasteiger charge is -2.42. The van der Waals surface area contributed by atoms with Crippen molar-refractivity contribution in [1.29, 1.82) is 0 Å². The second kappa shape index (κ2) is 6.25. The lowest BCUT2D eigenvalue weighted by atomic mass is 10.0. The number of rotatable bonds is 5. The van der Waals surface area contributed by atoms with Crippen molar-refractivity contribution in [3.63, 3.8) is 0 Å². The summed E-state index contributed by atoms with van der Waals surface area (Å²) in [6.45, 7) is 15.1. The smallest absolute Gasteiger partial charge is 0.237 e. The molecule has 1 aliphatic heterocycles. The van der Waals surface area contributed by atoms with E-state index in [2.05, 4.69) is 51.3 Å². The molecule has 0 bridgehead atoms. The van der Waals surface area contributed by atoms with Crippen LogP contribution in [0.2, 0.25) is 0 Å². The monoisotopic (exact) mass is 296 g/mol. The predicted octanol–water partition coefficient (Wildman–Crippen LogP) is 2.52. The van der Waals surface area contributed by atoms with Gasteiger partial charge in [0.25, 0.3) is 0 Å². The molecule has 2 atom stereocenters. The zero-order valence-corrected chi connectivity index (χ0v) is 14.6. The van der Waals surface area contributed by atoms with Crippen LogP contribution in [-0.4, -0.2) is 59.1 Å². The second-order valence-electron chi connectivity index (χ2n) is 7.87. The third kappa shape index (κ3) is 4.43. The topological polar surface area (TPSA) is 32.8 Å². The molecule has 2 rings (SSSR count). The van der Waals surface area contributed by atoms with Gasteiger partial charge in [-0.05, 0) is 46.5 Å². The van der Waals surface area contributed by atoms with Gasteiger partial charge in [0.1, 0.15) is 0 Å². The van der Waals surface area contributed by atoms with E-state index in [0.717, 1.165) is 13.1 Å². The van der Waals surface area contributed by atoms with Gasteiger partial charge < -0.3 is 9.64 Å². The van der Waals surface area contributed by atoms with Crippen LogP contribution >= 0.6 is 0 Å². The minimum atomic E-state index is -0.161. The third-order valence-corrected chi connectivity index (χ3v) is 4.63. The average molecular weight is 296 g/mol. The van der Waals surface area contributed by atoms with E-state index in [-0.39, 0.29) is 11.7 Å². The summed E-state index contributed by atoms with van der Waals surface area (Å²) in [7, 11) is 0. The van der Waals surface area contributed by atoms with Gasteiger partial charge in [0.05, 0.1) is 18.2 Å². The normalized spacial score (nSPS) is 27.7. The molecule has 0 radical (unpaired) electrons. The van der Waals surface area contributed by atoms with Gasteiger partial charge in [-0.1, -0.05) is 13.8 Å². The molecule has 4 heteroatoms. The highest BCUT2D eigenvalue weighted by Crippen LogP contribution is 2.31. The van der Waals surface area contributed by atoms with E-state index in [4.69, 9.17) is 4.74 Å². The lowest BCUT2D eigenvalue weighted by Crippen LogP contribution is -2.55. The number of carbonyl (C=O) groups is 1. The van der Waals surface area contributed by atoms with Crippen LogP contribution in [0.4, 0.5) is 0 Å². The molecule has 4 nitrogen and oxygen atoms in total. The summed E-state index contributed by atoms with van der Waals surface area (Å²) in [6.07, 6.45) is 2.54. The molecule has 1 heterocycles. The zero-order chi connectivity index (χ0) is 15.8. The third-order valence-electron chi connectivity index (χ3n) is 4.63. The van der Waals surface area contributed by atoms with Crippen molar-refractivity contribution in [3.8, 4) is 0 Å². The Kier molecular flexibility index (Phi) is 4.99. The molecular formula is C17H32N2O2. The fourth-order valence-electron chi connectivity index (χ4n) is 3.42. The van der Waals surface area contributed by atoms with Crippen LogP contribution in [0.1, 0.15) is 54.4 Å². The number of morpholine rings is 1. The van der Waals surface area contributed by atoms with E-state index in [1.807, 2.05) is 0 Å². The van der Waals surface area contributed by atoms with E-state index in [1.165, 1.54) is 12.8 Å². The Morgan fingerprint density at radius 2 is 1.95 bits per heavy atom. The largest absolute Gasteiger partial charge is 0.370 e. The van der Waals surface area contributed by atoms with Crippen molar-refractivity contribution in [3.05, 3.63) is 0 Å². The maximum Gasteiger partial charge on any atom is 0.237 e. The van der Waals surface area contributed by atoms with Crippen LogP contribution in [-0.2, 0) is 9.53 Å². The van der Waals surface area contributed by atoms with Gasteiger partial charge in [-0.25, -0.2) is 0 Å². The summed E-state index contributed by atoms with van der Waals surface area (Å²) in [5.74, 6) is 0.804. The summed E-state index contributed by atoms with van der Waals surface area (Å²) in [6, 6.07) is 0.817. The molecule has 0 spiro atoms. The molecule has 2 aliphatic rings. The first kappa shape index (κ1) is 16.8. The molecule has 2 unspecified atom stereocenters. The van der Waals surface area contributed by atoms with Crippen LogP contribution in [0.25, 0.3) is 0 Å². The highest BCUT2D eigenvalue weighted by Gasteiger charge is 2.38. The van der Waals surface area contributed by atoms with Crippen LogP contribution in [0.5, 0.6) is 0 Å². The molecule has 0 aromatic carbocycles. The number of nitrogens with zero attached hydrogens (tertiary/aromatic N) is 2. The Morgan fingerprint density at radius 3 is 2.43 bits per heavy atom. The summed E-state index contributed by atoms with van der Waals surface area (Å²) >= 11 is 0. The highest BCUT2D eigenvalue weighted by atomic mass is 16.5. The first-order valence-corrected chi connectivity index (χ1v) is 8.41. The minimum Gasteiger partial charge on any atom is -0.370 e. The summed E-state index contributed by atoms with van der Waals surface area (Å²) in [5, 5.41) is 0. The Morgan fingerprint density at radius 1 is 1.33 bits per heavy atom. The number of hydrogen-bond donors (Lipinski definition) is 0. The Labute approximate surface area is 129 Å². The Hall–Kier alpha value is -0.610. The van der Waals surface area contributed by atoms with Crippen molar-refractivity contribution < 1.29 is 9.53 Å². The first-order chi connectivity index (χ1) is 9.69. The number of amides is 1. The molecule has 21 heavy (non-hydrogen) atoms. The van der Waals surface area contributed by atoms with Crippen LogP contribution < -0.4 is 0 Å². The number of hydrogen-bond acceptors (Lipinski definition) is 3. The van der Waals surface area contributed by atoms with Crippen molar-refractivity contribution in [2.45, 2.75) is 78.2 Å². The van der Waals surface area contributed by atoms with E-state index in [9.17, 15) is 4.79 Å². The summed E-state index contributed by atoms with van der Waals surface area (Å²) in [5.41, 5.74) is -0.161. The average Bonchev–Trinajstić information content (AvgIpc) is 3.10. The summed E-state index contributed by atoms with van der Waals surface area (Å²) in [4.78, 5) is 17.2. The van der Waals surface area contributed by atoms with Gasteiger partial charge in [-0.2, -0.15) is 0 Å². The van der Waals surface area contributed by atoms with Crippen LogP contribution in [0.15, 0.2) is 0 Å². The Bertz CT molecular complexity index is 377. The standard InChI is InChI=1S/C17H32N2O2/c1-12(2)14(4)19(15-7-8-15)16(20)10-18-9-13(3)21-17(5,6)11-18/h12-15H,7-11H2,1-6H3. The van der Waals surface area contributed by atoms with Gasteiger partial charge >= 0.3 is 0 Å². The van der Waals surface area contributed by atoms with Gasteiger partial charge in [0.2, 0.25) is 5.91 Å². The van der Waals surface area contributed by atoms with Crippen molar-refractivity contribution in [2.75, 3.05) is 19.6 Å². The molecular weight excluding hydrogens is 264 g/mol. The fourth-order valence-corrected chi connectivity index (χ4v) is 3.42. The van der Waals surface area contributed by atoms with Crippen LogP contribution in [0, 0.1) is 5.92 Å². The molecule has 0 N–H and O–H groups in total. The van der Waals surface area contributed by atoms with E-state index in [1.54, 1.807) is 0 Å². The molecule has 1 amide bonds. The molecule has 122 valence electrons. The van der Waals surface area contributed by atoms with E-state index < -0.39 is 0 Å². The quantitative estimate of drug-likeness (QED) is 0.781. The van der Waals surface area contributed by atoms with Gasteiger partial charge in [-0.3, -0.25) is 9.69 Å². The van der Waals surface area contributed by atoms with Crippen molar-refractivity contribution >= 4 is 5.91 Å². The van der Waals surface area contributed by atoms with Crippen molar-refractivity contribution in [2.24, 2.45) is 5.92 Å². The molecule has 2 fully saturated rings. The first-order valence-electron chi connectivity index (χ1n) is 8.41. The molecule has 0 aromatic heterocycles. The maximum atomic E-state index is 12.8. The number of ether oxygens (including phenoxy) is 1. The Balaban J connectivity index is 1.98. The van der Waals surface area contributed by atoms with E-state index in [0.29, 0.717) is 30.5 Å². The number of carbonyl (C=O) groups excluding carboxylic acids is 1. The second-order valence-corrected chi connectivity index (χ2v) is 7.87. The zero-order valence-electron chi connectivity index (χ0n) is 14.6. The fraction of sp³-hybridized carbons (Fsp3) is 0.941. The molecule has 1 aliphatic carbocycles. The van der Waals surface area contributed by atoms with E-state index >= 15 is 0 Å². The van der Waals surface area contributed by atoms with Crippen molar-refractivity contribution in [1.82, 2.24) is 9.80 Å². The minimum absolute atomic E-state index is 0.161. The molecule has 1 saturated carbocycles. The molecule has 1 saturated heterocycles. The lowest BCUT2D eigenvalue weighted by molar-refractivity contribution is -0.148. The SMILES string of the molecule is CC1CN(CC(=O)N(C2CC2)C(C)C(C)C)CC(C)(C)O1.